The van der Waals surface area contributed by atoms with Gasteiger partial charge in [-0.05, 0) is 36.4 Å². The minimum Gasteiger partial charge on any atom is -0.398 e. The average molecular weight is 295 g/mol. The number of nitriles is 1. The van der Waals surface area contributed by atoms with Gasteiger partial charge >= 0.3 is 0 Å². The number of halogens is 1. The van der Waals surface area contributed by atoms with Gasteiger partial charge in [-0.15, -0.1) is 0 Å². The zero-order chi connectivity index (χ0) is 14.8. The van der Waals surface area contributed by atoms with Crippen molar-refractivity contribution in [3.8, 4) is 6.07 Å². The van der Waals surface area contributed by atoms with E-state index in [2.05, 4.69) is 16.4 Å². The molecule has 0 spiro atoms. The van der Waals surface area contributed by atoms with Crippen LogP contribution in [0.15, 0.2) is 48.7 Å². The first kappa shape index (κ1) is 13.2. The van der Waals surface area contributed by atoms with Crippen LogP contribution in [0.3, 0.4) is 0 Å². The highest BCUT2D eigenvalue weighted by atomic mass is 35.5. The van der Waals surface area contributed by atoms with Gasteiger partial charge in [0.2, 0.25) is 0 Å². The lowest BCUT2D eigenvalue weighted by Gasteiger charge is -2.10. The predicted octanol–water partition coefficient (Wildman–Crippen LogP) is 4.09. The van der Waals surface area contributed by atoms with Crippen LogP contribution in [0, 0.1) is 11.3 Å². The molecule has 3 N–H and O–H groups in total. The molecule has 0 aliphatic carbocycles. The molecule has 0 bridgehead atoms. The van der Waals surface area contributed by atoms with Gasteiger partial charge in [0.1, 0.15) is 5.82 Å². The van der Waals surface area contributed by atoms with Gasteiger partial charge < -0.3 is 11.1 Å². The lowest BCUT2D eigenvalue weighted by Crippen LogP contribution is -1.96. The van der Waals surface area contributed by atoms with E-state index in [1.807, 2.05) is 24.3 Å². The van der Waals surface area contributed by atoms with Gasteiger partial charge in [-0.2, -0.15) is 5.26 Å². The summed E-state index contributed by atoms with van der Waals surface area (Å²) in [5, 5.41) is 14.4. The fraction of sp³-hybridized carbons (Fsp3) is 0. The third kappa shape index (κ3) is 2.60. The van der Waals surface area contributed by atoms with Gasteiger partial charge in [-0.25, -0.2) is 4.98 Å². The van der Waals surface area contributed by atoms with Crippen LogP contribution in [0.5, 0.6) is 0 Å². The number of hydrogen-bond donors (Lipinski definition) is 2. The average Bonchev–Trinajstić information content (AvgIpc) is 2.48. The molecule has 0 aliphatic rings. The van der Waals surface area contributed by atoms with Crippen molar-refractivity contribution in [2.75, 3.05) is 11.1 Å². The largest absolute Gasteiger partial charge is 0.398 e. The van der Waals surface area contributed by atoms with E-state index >= 15 is 0 Å². The van der Waals surface area contributed by atoms with Crippen molar-refractivity contribution in [3.05, 3.63) is 59.2 Å². The summed E-state index contributed by atoms with van der Waals surface area (Å²) >= 11 is 6.07. The summed E-state index contributed by atoms with van der Waals surface area (Å²) in [5.74, 6) is 0.650. The van der Waals surface area contributed by atoms with E-state index in [4.69, 9.17) is 22.6 Å². The van der Waals surface area contributed by atoms with Crippen LogP contribution >= 0.6 is 11.6 Å². The molecule has 0 aliphatic heterocycles. The maximum absolute atomic E-state index is 8.95. The first-order chi connectivity index (χ1) is 10.2. The van der Waals surface area contributed by atoms with E-state index in [-0.39, 0.29) is 0 Å². The van der Waals surface area contributed by atoms with E-state index in [1.54, 1.807) is 24.4 Å². The Hall–Kier alpha value is -2.77. The number of hydrogen-bond acceptors (Lipinski definition) is 4. The lowest BCUT2D eigenvalue weighted by atomic mass is 10.1. The fourth-order valence-electron chi connectivity index (χ4n) is 2.18. The molecule has 0 radical (unpaired) electrons. The number of nitrogens with one attached hydrogen (secondary N) is 1. The molecule has 0 atom stereocenters. The molecule has 5 heteroatoms. The monoisotopic (exact) mass is 294 g/mol. The molecule has 0 unspecified atom stereocenters. The summed E-state index contributed by atoms with van der Waals surface area (Å²) in [6.07, 6.45) is 1.68. The van der Waals surface area contributed by atoms with Crippen molar-refractivity contribution in [3.63, 3.8) is 0 Å². The number of nitrogens with zero attached hydrogens (tertiary/aromatic N) is 2. The molecule has 3 aromatic rings. The highest BCUT2D eigenvalue weighted by Crippen LogP contribution is 2.31. The molecule has 3 rings (SSSR count). The van der Waals surface area contributed by atoms with Crippen molar-refractivity contribution in [2.45, 2.75) is 0 Å². The third-order valence-electron chi connectivity index (χ3n) is 3.13. The standard InChI is InChI=1S/C16H11ClN4/c17-11-7-14-13(15(19)8-11)4-5-20-16(14)21-12-3-1-2-10(6-12)9-18/h1-8H,19H2,(H,20,21). The minimum atomic E-state index is 0.557. The Morgan fingerprint density at radius 3 is 2.81 bits per heavy atom. The summed E-state index contributed by atoms with van der Waals surface area (Å²) in [7, 11) is 0. The van der Waals surface area contributed by atoms with Crippen molar-refractivity contribution in [1.29, 1.82) is 5.26 Å². The highest BCUT2D eigenvalue weighted by Gasteiger charge is 2.07. The summed E-state index contributed by atoms with van der Waals surface area (Å²) in [4.78, 5) is 4.33. The van der Waals surface area contributed by atoms with Crippen LogP contribution < -0.4 is 11.1 Å². The Kier molecular flexibility index (Phi) is 3.35. The van der Waals surface area contributed by atoms with Gasteiger partial charge in [0, 0.05) is 33.4 Å². The first-order valence-corrected chi connectivity index (χ1v) is 6.66. The number of nitrogens with two attached hydrogens (primary N) is 1. The Morgan fingerprint density at radius 1 is 1.14 bits per heavy atom. The van der Waals surface area contributed by atoms with Crippen LogP contribution in [0.1, 0.15) is 5.56 Å². The Bertz CT molecular complexity index is 868. The zero-order valence-electron chi connectivity index (χ0n) is 11.0. The molecule has 1 aromatic heterocycles. The van der Waals surface area contributed by atoms with E-state index in [1.165, 1.54) is 0 Å². The number of rotatable bonds is 2. The van der Waals surface area contributed by atoms with Gasteiger partial charge in [-0.1, -0.05) is 17.7 Å². The first-order valence-electron chi connectivity index (χ1n) is 6.28. The van der Waals surface area contributed by atoms with Crippen LogP contribution in [-0.4, -0.2) is 4.98 Å². The molecule has 102 valence electrons. The van der Waals surface area contributed by atoms with Crippen molar-refractivity contribution < 1.29 is 0 Å². The number of pyridine rings is 1. The molecule has 0 fully saturated rings. The highest BCUT2D eigenvalue weighted by molar-refractivity contribution is 6.32. The van der Waals surface area contributed by atoms with E-state index in [0.717, 1.165) is 16.5 Å². The van der Waals surface area contributed by atoms with E-state index < -0.39 is 0 Å². The Balaban J connectivity index is 2.10. The van der Waals surface area contributed by atoms with E-state index in [9.17, 15) is 0 Å². The van der Waals surface area contributed by atoms with Crippen molar-refractivity contribution in [1.82, 2.24) is 4.98 Å². The molecular weight excluding hydrogens is 284 g/mol. The topological polar surface area (TPSA) is 74.7 Å². The number of anilines is 3. The SMILES string of the molecule is N#Cc1cccc(Nc2nccc3c(N)cc(Cl)cc23)c1. The summed E-state index contributed by atoms with van der Waals surface area (Å²) < 4.78 is 0. The molecule has 4 nitrogen and oxygen atoms in total. The lowest BCUT2D eigenvalue weighted by molar-refractivity contribution is 1.34. The van der Waals surface area contributed by atoms with E-state index in [0.29, 0.717) is 22.1 Å². The van der Waals surface area contributed by atoms with Gasteiger partial charge in [0.25, 0.3) is 0 Å². The molecule has 21 heavy (non-hydrogen) atoms. The quantitative estimate of drug-likeness (QED) is 0.698. The van der Waals surface area contributed by atoms with Crippen LogP contribution in [-0.2, 0) is 0 Å². The zero-order valence-corrected chi connectivity index (χ0v) is 11.7. The fourth-order valence-corrected chi connectivity index (χ4v) is 2.41. The number of aromatic nitrogens is 1. The van der Waals surface area contributed by atoms with Gasteiger partial charge in [-0.3, -0.25) is 0 Å². The Labute approximate surface area is 126 Å². The van der Waals surface area contributed by atoms with Crippen LogP contribution in [0.2, 0.25) is 5.02 Å². The molecule has 0 saturated carbocycles. The molecule has 1 heterocycles. The smallest absolute Gasteiger partial charge is 0.138 e. The second kappa shape index (κ2) is 5.31. The van der Waals surface area contributed by atoms with Gasteiger partial charge in [0.15, 0.2) is 0 Å². The number of nitrogen functional groups attached to an aromatic ring is 1. The number of fused-ring (bicyclic) bond motifs is 1. The van der Waals surface area contributed by atoms with Crippen molar-refractivity contribution in [2.24, 2.45) is 0 Å². The summed E-state index contributed by atoms with van der Waals surface area (Å²) in [6.45, 7) is 0. The maximum atomic E-state index is 8.95. The maximum Gasteiger partial charge on any atom is 0.138 e. The van der Waals surface area contributed by atoms with Crippen LogP contribution in [0.25, 0.3) is 10.8 Å². The Morgan fingerprint density at radius 2 is 2.00 bits per heavy atom. The second-order valence-electron chi connectivity index (χ2n) is 4.57. The molecule has 2 aromatic carbocycles. The normalized spacial score (nSPS) is 10.3. The van der Waals surface area contributed by atoms with Gasteiger partial charge in [0.05, 0.1) is 11.6 Å². The molecule has 0 amide bonds. The molecular formula is C16H11ClN4. The van der Waals surface area contributed by atoms with Crippen LogP contribution in [0.4, 0.5) is 17.2 Å². The number of benzene rings is 2. The van der Waals surface area contributed by atoms with Crippen molar-refractivity contribution >= 4 is 39.6 Å². The second-order valence-corrected chi connectivity index (χ2v) is 5.00. The summed E-state index contributed by atoms with van der Waals surface area (Å²) in [6, 6.07) is 14.7. The predicted molar refractivity (Wildman–Crippen MR) is 85.6 cm³/mol. The minimum absolute atomic E-state index is 0.557. The summed E-state index contributed by atoms with van der Waals surface area (Å²) in [5.41, 5.74) is 7.95. The third-order valence-corrected chi connectivity index (χ3v) is 3.35. The molecule has 0 saturated heterocycles.